The van der Waals surface area contributed by atoms with Crippen molar-refractivity contribution in [1.29, 1.82) is 0 Å². The smallest absolute Gasteiger partial charge is 0.338 e. The highest BCUT2D eigenvalue weighted by Gasteiger charge is 2.13. The molecule has 3 nitrogen and oxygen atoms in total. The summed E-state index contributed by atoms with van der Waals surface area (Å²) in [6.07, 6.45) is 0. The summed E-state index contributed by atoms with van der Waals surface area (Å²) in [4.78, 5) is 11.0. The molecule has 0 fully saturated rings. The molecule has 0 aliphatic rings. The van der Waals surface area contributed by atoms with Crippen molar-refractivity contribution in [3.8, 4) is 0 Å². The van der Waals surface area contributed by atoms with E-state index < -0.39 is 11.8 Å². The Morgan fingerprint density at radius 3 is 2.52 bits per heavy atom. The summed E-state index contributed by atoms with van der Waals surface area (Å²) < 4.78 is 13.4. The zero-order chi connectivity index (χ0) is 15.6. The van der Waals surface area contributed by atoms with Gasteiger partial charge in [-0.15, -0.1) is 0 Å². The van der Waals surface area contributed by atoms with Crippen LogP contribution in [0.3, 0.4) is 0 Å². The maximum absolute atomic E-state index is 13.4. The van der Waals surface area contributed by atoms with Gasteiger partial charge in [0.25, 0.3) is 0 Å². The van der Waals surface area contributed by atoms with E-state index in [-0.39, 0.29) is 11.6 Å². The summed E-state index contributed by atoms with van der Waals surface area (Å²) in [6, 6.07) is 10.2. The number of rotatable bonds is 4. The van der Waals surface area contributed by atoms with Gasteiger partial charge < -0.3 is 10.4 Å². The van der Waals surface area contributed by atoms with Crippen molar-refractivity contribution in [2.45, 2.75) is 26.8 Å². The highest BCUT2D eigenvalue weighted by Crippen LogP contribution is 2.24. The van der Waals surface area contributed by atoms with Crippen LogP contribution in [0.15, 0.2) is 36.4 Å². The molecule has 0 saturated carbocycles. The van der Waals surface area contributed by atoms with Crippen LogP contribution in [0, 0.1) is 19.7 Å². The molecule has 0 radical (unpaired) electrons. The lowest BCUT2D eigenvalue weighted by atomic mass is 10.00. The highest BCUT2D eigenvalue weighted by atomic mass is 19.1. The molecule has 2 aromatic rings. The summed E-state index contributed by atoms with van der Waals surface area (Å²) in [5.74, 6) is -2.00. The van der Waals surface area contributed by atoms with E-state index in [4.69, 9.17) is 5.11 Å². The van der Waals surface area contributed by atoms with Crippen molar-refractivity contribution < 1.29 is 14.3 Å². The molecular weight excluding hydrogens is 269 g/mol. The fraction of sp³-hybridized carbons (Fsp3) is 0.235. The lowest BCUT2D eigenvalue weighted by Gasteiger charge is -2.18. The SMILES string of the molecule is Cc1ccc(C(C)Nc2ccc(F)c(C(=O)O)c2)c(C)c1. The summed E-state index contributed by atoms with van der Waals surface area (Å²) in [5.41, 5.74) is 3.74. The molecule has 1 atom stereocenters. The van der Waals surface area contributed by atoms with Crippen molar-refractivity contribution >= 4 is 11.7 Å². The summed E-state index contributed by atoms with van der Waals surface area (Å²) in [7, 11) is 0. The van der Waals surface area contributed by atoms with Crippen LogP contribution in [0.5, 0.6) is 0 Å². The second-order valence-electron chi connectivity index (χ2n) is 5.23. The van der Waals surface area contributed by atoms with E-state index in [9.17, 15) is 9.18 Å². The summed E-state index contributed by atoms with van der Waals surface area (Å²) in [6.45, 7) is 6.06. The molecule has 0 aromatic heterocycles. The average Bonchev–Trinajstić information content (AvgIpc) is 2.40. The Morgan fingerprint density at radius 1 is 1.19 bits per heavy atom. The predicted molar refractivity (Wildman–Crippen MR) is 81.3 cm³/mol. The Hall–Kier alpha value is -2.36. The van der Waals surface area contributed by atoms with Gasteiger partial charge in [0.1, 0.15) is 5.82 Å². The van der Waals surface area contributed by atoms with Crippen LogP contribution in [-0.2, 0) is 0 Å². The Morgan fingerprint density at radius 2 is 1.90 bits per heavy atom. The summed E-state index contributed by atoms with van der Waals surface area (Å²) >= 11 is 0. The quantitative estimate of drug-likeness (QED) is 0.880. The Bertz CT molecular complexity index is 682. The van der Waals surface area contributed by atoms with Crippen LogP contribution in [0.2, 0.25) is 0 Å². The largest absolute Gasteiger partial charge is 0.478 e. The average molecular weight is 287 g/mol. The Balaban J connectivity index is 2.25. The van der Waals surface area contributed by atoms with Crippen LogP contribution in [-0.4, -0.2) is 11.1 Å². The highest BCUT2D eigenvalue weighted by molar-refractivity contribution is 5.89. The molecule has 110 valence electrons. The number of carboxylic acid groups (broad SMARTS) is 1. The zero-order valence-corrected chi connectivity index (χ0v) is 12.3. The van der Waals surface area contributed by atoms with Gasteiger partial charge in [-0.05, 0) is 50.1 Å². The van der Waals surface area contributed by atoms with Crippen LogP contribution in [0.25, 0.3) is 0 Å². The zero-order valence-electron chi connectivity index (χ0n) is 12.3. The first-order chi connectivity index (χ1) is 9.88. The maximum atomic E-state index is 13.4. The number of carboxylic acids is 1. The van der Waals surface area contributed by atoms with Gasteiger partial charge in [-0.1, -0.05) is 23.8 Å². The standard InChI is InChI=1S/C17H18FNO2/c1-10-4-6-14(11(2)8-10)12(3)19-13-5-7-16(18)15(9-13)17(20)21/h4-9,12,19H,1-3H3,(H,20,21). The lowest BCUT2D eigenvalue weighted by molar-refractivity contribution is 0.0692. The molecule has 1 unspecified atom stereocenters. The van der Waals surface area contributed by atoms with Crippen molar-refractivity contribution in [3.05, 3.63) is 64.5 Å². The Labute approximate surface area is 123 Å². The topological polar surface area (TPSA) is 49.3 Å². The number of anilines is 1. The van der Waals surface area contributed by atoms with Crippen molar-refractivity contribution in [1.82, 2.24) is 0 Å². The van der Waals surface area contributed by atoms with Crippen molar-refractivity contribution in [3.63, 3.8) is 0 Å². The minimum absolute atomic E-state index is 0.00212. The van der Waals surface area contributed by atoms with E-state index in [1.54, 1.807) is 6.07 Å². The molecule has 0 aliphatic heterocycles. The molecule has 2 rings (SSSR count). The van der Waals surface area contributed by atoms with Gasteiger partial charge in [0.15, 0.2) is 0 Å². The number of aryl methyl sites for hydroxylation is 2. The number of halogens is 1. The number of hydrogen-bond donors (Lipinski definition) is 2. The van der Waals surface area contributed by atoms with E-state index in [0.29, 0.717) is 5.69 Å². The van der Waals surface area contributed by atoms with Crippen LogP contribution in [0.4, 0.5) is 10.1 Å². The first-order valence-corrected chi connectivity index (χ1v) is 6.75. The molecular formula is C17H18FNO2. The normalized spacial score (nSPS) is 12.0. The third kappa shape index (κ3) is 3.40. The van der Waals surface area contributed by atoms with Gasteiger partial charge in [0.05, 0.1) is 5.56 Å². The molecule has 2 aromatic carbocycles. The Kier molecular flexibility index (Phi) is 4.26. The van der Waals surface area contributed by atoms with E-state index in [1.165, 1.54) is 17.7 Å². The van der Waals surface area contributed by atoms with E-state index in [0.717, 1.165) is 11.1 Å². The third-order valence-corrected chi connectivity index (χ3v) is 3.47. The molecule has 0 bridgehead atoms. The first-order valence-electron chi connectivity index (χ1n) is 6.75. The second-order valence-corrected chi connectivity index (χ2v) is 5.23. The fourth-order valence-corrected chi connectivity index (χ4v) is 2.42. The van der Waals surface area contributed by atoms with Gasteiger partial charge in [-0.2, -0.15) is 0 Å². The predicted octanol–water partition coefficient (Wildman–Crippen LogP) is 4.31. The minimum atomic E-state index is -1.27. The molecule has 2 N–H and O–H groups in total. The van der Waals surface area contributed by atoms with Crippen LogP contribution in [0.1, 0.15) is 40.0 Å². The van der Waals surface area contributed by atoms with Crippen molar-refractivity contribution in [2.24, 2.45) is 0 Å². The maximum Gasteiger partial charge on any atom is 0.338 e. The number of carbonyl (C=O) groups is 1. The van der Waals surface area contributed by atoms with Gasteiger partial charge in [0.2, 0.25) is 0 Å². The van der Waals surface area contributed by atoms with Crippen LogP contribution < -0.4 is 5.32 Å². The first kappa shape index (κ1) is 15.0. The van der Waals surface area contributed by atoms with E-state index in [1.807, 2.05) is 32.9 Å². The van der Waals surface area contributed by atoms with E-state index in [2.05, 4.69) is 11.4 Å². The number of aromatic carboxylic acids is 1. The molecule has 0 heterocycles. The van der Waals surface area contributed by atoms with Gasteiger partial charge in [0, 0.05) is 11.7 Å². The fourth-order valence-electron chi connectivity index (χ4n) is 2.42. The number of hydrogen-bond acceptors (Lipinski definition) is 2. The van der Waals surface area contributed by atoms with Gasteiger partial charge in [-0.25, -0.2) is 9.18 Å². The number of nitrogens with one attached hydrogen (secondary N) is 1. The molecule has 0 spiro atoms. The molecule has 0 amide bonds. The van der Waals surface area contributed by atoms with Gasteiger partial charge in [-0.3, -0.25) is 0 Å². The molecule has 21 heavy (non-hydrogen) atoms. The van der Waals surface area contributed by atoms with Crippen molar-refractivity contribution in [2.75, 3.05) is 5.32 Å². The molecule has 0 aliphatic carbocycles. The minimum Gasteiger partial charge on any atom is -0.478 e. The lowest BCUT2D eigenvalue weighted by Crippen LogP contribution is -2.10. The van der Waals surface area contributed by atoms with Crippen LogP contribution >= 0.6 is 0 Å². The molecule has 4 heteroatoms. The van der Waals surface area contributed by atoms with Gasteiger partial charge >= 0.3 is 5.97 Å². The second kappa shape index (κ2) is 5.95. The monoisotopic (exact) mass is 287 g/mol. The number of benzene rings is 2. The van der Waals surface area contributed by atoms with E-state index >= 15 is 0 Å². The summed E-state index contributed by atoms with van der Waals surface area (Å²) in [5, 5.41) is 12.2. The molecule has 0 saturated heterocycles. The third-order valence-electron chi connectivity index (χ3n) is 3.47.